The van der Waals surface area contributed by atoms with E-state index in [1.807, 2.05) is 45.0 Å². The van der Waals surface area contributed by atoms with E-state index in [9.17, 15) is 14.4 Å². The maximum absolute atomic E-state index is 14.5. The summed E-state index contributed by atoms with van der Waals surface area (Å²) in [5, 5.41) is 6.13. The van der Waals surface area contributed by atoms with Crippen molar-refractivity contribution in [3.63, 3.8) is 0 Å². The Balaban J connectivity index is 2.55. The van der Waals surface area contributed by atoms with E-state index in [4.69, 9.17) is 4.74 Å². The summed E-state index contributed by atoms with van der Waals surface area (Å²) in [7, 11) is 0. The molecule has 1 aromatic carbocycles. The van der Waals surface area contributed by atoms with Crippen molar-refractivity contribution in [3.05, 3.63) is 35.4 Å². The molecule has 7 heteroatoms. The zero-order chi connectivity index (χ0) is 30.0. The summed E-state index contributed by atoms with van der Waals surface area (Å²) in [5.41, 5.74) is 1.27. The lowest BCUT2D eigenvalue weighted by Crippen LogP contribution is -2.57. The zero-order valence-corrected chi connectivity index (χ0v) is 26.5. The van der Waals surface area contributed by atoms with Gasteiger partial charge in [-0.1, -0.05) is 78.1 Å². The van der Waals surface area contributed by atoms with Gasteiger partial charge in [0.1, 0.15) is 17.7 Å². The molecule has 1 saturated carbocycles. The molecule has 0 spiro atoms. The van der Waals surface area contributed by atoms with Gasteiger partial charge >= 0.3 is 6.09 Å². The Morgan fingerprint density at radius 2 is 1.55 bits per heavy atom. The highest BCUT2D eigenvalue weighted by Gasteiger charge is 2.40. The number of nitrogens with one attached hydrogen (secondary N) is 2. The first-order valence-corrected chi connectivity index (χ1v) is 15.4. The minimum Gasteiger partial charge on any atom is -0.444 e. The molecule has 1 aromatic rings. The highest BCUT2D eigenvalue weighted by atomic mass is 16.6. The van der Waals surface area contributed by atoms with Crippen LogP contribution >= 0.6 is 0 Å². The van der Waals surface area contributed by atoms with E-state index in [0.29, 0.717) is 5.92 Å². The third-order valence-corrected chi connectivity index (χ3v) is 7.68. The highest BCUT2D eigenvalue weighted by Crippen LogP contribution is 2.30. The molecule has 3 unspecified atom stereocenters. The van der Waals surface area contributed by atoms with Crippen molar-refractivity contribution in [2.75, 3.05) is 0 Å². The molecule has 0 bridgehead atoms. The molecule has 0 heterocycles. The van der Waals surface area contributed by atoms with Crippen LogP contribution in [0.2, 0.25) is 0 Å². The van der Waals surface area contributed by atoms with Crippen LogP contribution in [0.1, 0.15) is 124 Å². The molecule has 1 fully saturated rings. The van der Waals surface area contributed by atoms with Gasteiger partial charge in [0.2, 0.25) is 11.8 Å². The third kappa shape index (κ3) is 10.4. The number of hydrogen-bond donors (Lipinski definition) is 2. The van der Waals surface area contributed by atoms with E-state index in [2.05, 4.69) is 31.4 Å². The fraction of sp³-hybridized carbons (Fsp3) is 0.727. The molecule has 2 N–H and O–H groups in total. The quantitative estimate of drug-likeness (QED) is 0.291. The summed E-state index contributed by atoms with van der Waals surface area (Å²) in [6.45, 7) is 17.6. The van der Waals surface area contributed by atoms with Crippen LogP contribution in [0.3, 0.4) is 0 Å². The van der Waals surface area contributed by atoms with Crippen molar-refractivity contribution in [1.82, 2.24) is 15.5 Å². The van der Waals surface area contributed by atoms with Gasteiger partial charge in [0, 0.05) is 12.1 Å². The number of rotatable bonds is 12. The van der Waals surface area contributed by atoms with Crippen molar-refractivity contribution in [1.29, 1.82) is 0 Å². The molecule has 3 amide bonds. The topological polar surface area (TPSA) is 87.7 Å². The average molecular weight is 558 g/mol. The van der Waals surface area contributed by atoms with Gasteiger partial charge in [0.25, 0.3) is 0 Å². The first kappa shape index (κ1) is 33.6. The number of aryl methyl sites for hydroxylation is 1. The van der Waals surface area contributed by atoms with Gasteiger partial charge in [0.15, 0.2) is 0 Å². The van der Waals surface area contributed by atoms with Gasteiger partial charge < -0.3 is 20.3 Å². The second kappa shape index (κ2) is 15.4. The van der Waals surface area contributed by atoms with Crippen LogP contribution in [0.25, 0.3) is 0 Å². The Hall–Kier alpha value is -2.57. The Morgan fingerprint density at radius 3 is 2.05 bits per heavy atom. The molecular formula is C33H55N3O4. The first-order chi connectivity index (χ1) is 18.7. The summed E-state index contributed by atoms with van der Waals surface area (Å²) in [4.78, 5) is 43.2. The molecule has 3 atom stereocenters. The van der Waals surface area contributed by atoms with Crippen LogP contribution in [-0.4, -0.2) is 46.5 Å². The van der Waals surface area contributed by atoms with E-state index < -0.39 is 23.8 Å². The number of alkyl carbamates (subject to hydrolysis) is 1. The lowest BCUT2D eigenvalue weighted by Gasteiger charge is -2.40. The maximum Gasteiger partial charge on any atom is 0.408 e. The Bertz CT molecular complexity index is 945. The minimum atomic E-state index is -0.837. The van der Waals surface area contributed by atoms with Crippen molar-refractivity contribution < 1.29 is 19.1 Å². The van der Waals surface area contributed by atoms with E-state index in [0.717, 1.165) is 50.5 Å². The lowest BCUT2D eigenvalue weighted by molar-refractivity contribution is -0.146. The largest absolute Gasteiger partial charge is 0.444 e. The molecule has 0 aromatic heterocycles. The SMILES string of the molecule is CCc1ccc(C(C(=O)NC2CCCCC2)N(C(=O)C(NC(=O)OC(C)(C)C)C(C)C)C(C)CCC(C)C)cc1. The number of carbonyl (C=O) groups is 3. The van der Waals surface area contributed by atoms with E-state index in [1.165, 1.54) is 12.0 Å². The number of hydrogen-bond acceptors (Lipinski definition) is 4. The molecule has 1 aliphatic rings. The van der Waals surface area contributed by atoms with Gasteiger partial charge in [-0.3, -0.25) is 9.59 Å². The molecule has 2 rings (SSSR count). The van der Waals surface area contributed by atoms with Crippen LogP contribution in [0.4, 0.5) is 4.79 Å². The van der Waals surface area contributed by atoms with Crippen LogP contribution in [0.15, 0.2) is 24.3 Å². The number of carbonyl (C=O) groups excluding carboxylic acids is 3. The summed E-state index contributed by atoms with van der Waals surface area (Å²) in [5.74, 6) is -0.163. The Labute approximate surface area is 243 Å². The van der Waals surface area contributed by atoms with Crippen LogP contribution in [0.5, 0.6) is 0 Å². The van der Waals surface area contributed by atoms with E-state index >= 15 is 0 Å². The average Bonchev–Trinajstić information content (AvgIpc) is 2.88. The zero-order valence-electron chi connectivity index (χ0n) is 26.5. The van der Waals surface area contributed by atoms with Crippen molar-refractivity contribution in [3.8, 4) is 0 Å². The van der Waals surface area contributed by atoms with Crippen LogP contribution < -0.4 is 10.6 Å². The molecular weight excluding hydrogens is 502 g/mol. The first-order valence-electron chi connectivity index (χ1n) is 15.4. The molecule has 0 saturated heterocycles. The second-order valence-corrected chi connectivity index (χ2v) is 13.3. The van der Waals surface area contributed by atoms with Crippen molar-refractivity contribution in [2.24, 2.45) is 11.8 Å². The molecule has 1 aliphatic carbocycles. The number of nitrogens with zero attached hydrogens (tertiary/aromatic N) is 1. The Kier molecular flexibility index (Phi) is 13.0. The summed E-state index contributed by atoms with van der Waals surface area (Å²) >= 11 is 0. The Morgan fingerprint density at radius 1 is 0.950 bits per heavy atom. The van der Waals surface area contributed by atoms with Gasteiger partial charge in [-0.15, -0.1) is 0 Å². The van der Waals surface area contributed by atoms with Crippen molar-refractivity contribution >= 4 is 17.9 Å². The predicted molar refractivity (Wildman–Crippen MR) is 162 cm³/mol. The number of amides is 3. The highest BCUT2D eigenvalue weighted by molar-refractivity contribution is 5.92. The smallest absolute Gasteiger partial charge is 0.408 e. The van der Waals surface area contributed by atoms with Gasteiger partial charge in [-0.25, -0.2) is 4.79 Å². The van der Waals surface area contributed by atoms with E-state index in [-0.39, 0.29) is 29.8 Å². The lowest BCUT2D eigenvalue weighted by atomic mass is 9.92. The molecule has 0 radical (unpaired) electrons. The van der Waals surface area contributed by atoms with Gasteiger partial charge in [-0.05, 0) is 82.8 Å². The fourth-order valence-corrected chi connectivity index (χ4v) is 5.32. The molecule has 0 aliphatic heterocycles. The fourth-order valence-electron chi connectivity index (χ4n) is 5.32. The number of benzene rings is 1. The third-order valence-electron chi connectivity index (χ3n) is 7.68. The van der Waals surface area contributed by atoms with Crippen molar-refractivity contribution in [2.45, 2.75) is 143 Å². The standard InChI is InChI=1S/C33H55N3O4/c1-10-25-18-20-26(21-19-25)29(30(37)34-27-14-12-11-13-15-27)36(24(6)17-16-22(2)3)31(38)28(23(4)5)35-32(39)40-33(7,8)9/h18-24,27-29H,10-17H2,1-9H3,(H,34,37)(H,35,39). The molecule has 226 valence electrons. The van der Waals surface area contributed by atoms with Crippen LogP contribution in [-0.2, 0) is 20.7 Å². The molecule has 40 heavy (non-hydrogen) atoms. The summed E-state index contributed by atoms with van der Waals surface area (Å²) in [6, 6.07) is 6.29. The molecule has 7 nitrogen and oxygen atoms in total. The summed E-state index contributed by atoms with van der Waals surface area (Å²) in [6.07, 6.45) is 7.23. The second-order valence-electron chi connectivity index (χ2n) is 13.3. The van der Waals surface area contributed by atoms with E-state index in [1.54, 1.807) is 25.7 Å². The predicted octanol–water partition coefficient (Wildman–Crippen LogP) is 6.94. The van der Waals surface area contributed by atoms with Gasteiger partial charge in [-0.2, -0.15) is 0 Å². The maximum atomic E-state index is 14.5. The normalized spacial score (nSPS) is 16.8. The van der Waals surface area contributed by atoms with Crippen LogP contribution in [0, 0.1) is 11.8 Å². The minimum absolute atomic E-state index is 0.113. The monoisotopic (exact) mass is 557 g/mol. The number of ether oxygens (including phenoxy) is 1. The summed E-state index contributed by atoms with van der Waals surface area (Å²) < 4.78 is 5.51. The van der Waals surface area contributed by atoms with Gasteiger partial charge in [0.05, 0.1) is 0 Å².